The minimum absolute atomic E-state index is 0.0977. The molecule has 1 atom stereocenters. The summed E-state index contributed by atoms with van der Waals surface area (Å²) in [6, 6.07) is 4.86. The normalized spacial score (nSPS) is 12.6. The highest BCUT2D eigenvalue weighted by Gasteiger charge is 2.21. The van der Waals surface area contributed by atoms with Gasteiger partial charge in [-0.2, -0.15) is 0 Å². The van der Waals surface area contributed by atoms with Crippen molar-refractivity contribution in [3.8, 4) is 0 Å². The second kappa shape index (κ2) is 4.89. The van der Waals surface area contributed by atoms with E-state index in [2.05, 4.69) is 4.98 Å². The van der Waals surface area contributed by atoms with E-state index in [-0.39, 0.29) is 11.1 Å². The highest BCUT2D eigenvalue weighted by Crippen LogP contribution is 2.32. The number of pyridine rings is 1. The first-order valence-corrected chi connectivity index (χ1v) is 5.52. The van der Waals surface area contributed by atoms with Gasteiger partial charge in [-0.05, 0) is 18.2 Å². The monoisotopic (exact) mass is 266 g/mol. The summed E-state index contributed by atoms with van der Waals surface area (Å²) in [7, 11) is 1.32. The number of carbonyl (C=O) groups excluding carboxylic acids is 1. The molecule has 94 valence electrons. The maximum absolute atomic E-state index is 11.4. The van der Waals surface area contributed by atoms with E-state index in [0.29, 0.717) is 15.9 Å². The van der Waals surface area contributed by atoms with Gasteiger partial charge in [0.15, 0.2) is 6.29 Å². The molecule has 0 radical (unpaired) electrons. The van der Waals surface area contributed by atoms with Gasteiger partial charge in [0.2, 0.25) is 5.91 Å². The molecule has 0 aliphatic heterocycles. The number of rotatable bonds is 3. The number of benzene rings is 1. The van der Waals surface area contributed by atoms with Crippen LogP contribution in [0.3, 0.4) is 0 Å². The lowest BCUT2D eigenvalue weighted by Gasteiger charge is -2.15. The Kier molecular flexibility index (Phi) is 3.47. The Labute approximate surface area is 108 Å². The molecular formula is C12H11ClN2O3. The molecule has 0 saturated carbocycles. The SMILES string of the molecule is COC(O)c1c(C(N)=O)cc(Cl)c2cccnc12. The van der Waals surface area contributed by atoms with E-state index in [0.717, 1.165) is 0 Å². The van der Waals surface area contributed by atoms with Crippen LogP contribution in [0.15, 0.2) is 24.4 Å². The topological polar surface area (TPSA) is 85.4 Å². The van der Waals surface area contributed by atoms with E-state index < -0.39 is 12.2 Å². The number of hydrogen-bond acceptors (Lipinski definition) is 4. The van der Waals surface area contributed by atoms with Crippen LogP contribution in [0.25, 0.3) is 10.9 Å². The Morgan fingerprint density at radius 3 is 2.94 bits per heavy atom. The number of nitrogens with two attached hydrogens (primary N) is 1. The van der Waals surface area contributed by atoms with Crippen molar-refractivity contribution >= 4 is 28.4 Å². The van der Waals surface area contributed by atoms with Gasteiger partial charge in [0.1, 0.15) is 0 Å². The number of aliphatic hydroxyl groups is 1. The van der Waals surface area contributed by atoms with Crippen LogP contribution in [0, 0.1) is 0 Å². The van der Waals surface area contributed by atoms with Gasteiger partial charge >= 0.3 is 0 Å². The Morgan fingerprint density at radius 2 is 2.33 bits per heavy atom. The Hall–Kier alpha value is -1.69. The molecule has 0 aliphatic rings. The number of aromatic nitrogens is 1. The molecule has 0 spiro atoms. The molecular weight excluding hydrogens is 256 g/mol. The van der Waals surface area contributed by atoms with Crippen molar-refractivity contribution in [3.63, 3.8) is 0 Å². The zero-order valence-corrected chi connectivity index (χ0v) is 10.3. The highest BCUT2D eigenvalue weighted by molar-refractivity contribution is 6.36. The maximum Gasteiger partial charge on any atom is 0.249 e. The Balaban J connectivity index is 2.88. The second-order valence-corrected chi connectivity index (χ2v) is 4.08. The molecule has 2 aromatic rings. The average Bonchev–Trinajstić information content (AvgIpc) is 2.37. The van der Waals surface area contributed by atoms with E-state index >= 15 is 0 Å². The molecule has 2 rings (SSSR count). The molecule has 5 nitrogen and oxygen atoms in total. The van der Waals surface area contributed by atoms with Crippen LogP contribution >= 0.6 is 11.6 Å². The molecule has 0 fully saturated rings. The number of halogens is 1. The number of aliphatic hydroxyl groups excluding tert-OH is 1. The highest BCUT2D eigenvalue weighted by atomic mass is 35.5. The summed E-state index contributed by atoms with van der Waals surface area (Å²) in [4.78, 5) is 15.5. The zero-order chi connectivity index (χ0) is 13.3. The lowest BCUT2D eigenvalue weighted by atomic mass is 10.0. The van der Waals surface area contributed by atoms with Gasteiger partial charge in [0.25, 0.3) is 0 Å². The van der Waals surface area contributed by atoms with Crippen molar-refractivity contribution in [2.75, 3.05) is 7.11 Å². The van der Waals surface area contributed by atoms with Gasteiger partial charge in [0, 0.05) is 24.3 Å². The number of ether oxygens (including phenoxy) is 1. The quantitative estimate of drug-likeness (QED) is 0.827. The van der Waals surface area contributed by atoms with Gasteiger partial charge < -0.3 is 15.6 Å². The van der Waals surface area contributed by atoms with Crippen molar-refractivity contribution in [2.45, 2.75) is 6.29 Å². The number of hydrogen-bond donors (Lipinski definition) is 2. The Bertz CT molecular complexity index is 616. The van der Waals surface area contributed by atoms with Gasteiger partial charge in [0.05, 0.1) is 16.1 Å². The van der Waals surface area contributed by atoms with E-state index in [1.807, 2.05) is 0 Å². The number of carbonyl (C=O) groups is 1. The summed E-state index contributed by atoms with van der Waals surface area (Å²) in [5.41, 5.74) is 6.00. The molecule has 0 saturated heterocycles. The molecule has 6 heteroatoms. The summed E-state index contributed by atoms with van der Waals surface area (Å²) < 4.78 is 4.84. The van der Waals surface area contributed by atoms with Crippen LogP contribution in [0.4, 0.5) is 0 Å². The summed E-state index contributed by atoms with van der Waals surface area (Å²) >= 11 is 6.06. The molecule has 3 N–H and O–H groups in total. The number of amides is 1. The molecule has 0 bridgehead atoms. The number of fused-ring (bicyclic) bond motifs is 1. The summed E-state index contributed by atoms with van der Waals surface area (Å²) in [5, 5.41) is 10.8. The van der Waals surface area contributed by atoms with E-state index in [1.165, 1.54) is 19.4 Å². The van der Waals surface area contributed by atoms with Crippen molar-refractivity contribution < 1.29 is 14.6 Å². The first-order chi connectivity index (χ1) is 8.56. The van der Waals surface area contributed by atoms with Crippen LogP contribution in [-0.4, -0.2) is 23.1 Å². The van der Waals surface area contributed by atoms with Gasteiger partial charge in [-0.1, -0.05) is 11.6 Å². The molecule has 1 aromatic carbocycles. The van der Waals surface area contributed by atoms with Crippen molar-refractivity contribution in [2.24, 2.45) is 5.73 Å². The van der Waals surface area contributed by atoms with Crippen molar-refractivity contribution in [1.82, 2.24) is 4.98 Å². The molecule has 18 heavy (non-hydrogen) atoms. The zero-order valence-electron chi connectivity index (χ0n) is 9.55. The standard InChI is InChI=1S/C12H11ClN2O3/c1-18-12(17)9-7(11(14)16)5-8(13)6-3-2-4-15-10(6)9/h2-5,12,17H,1H3,(H2,14,16). The lowest BCUT2D eigenvalue weighted by molar-refractivity contribution is -0.0763. The van der Waals surface area contributed by atoms with Crippen LogP contribution in [0.5, 0.6) is 0 Å². The van der Waals surface area contributed by atoms with E-state index in [9.17, 15) is 9.90 Å². The van der Waals surface area contributed by atoms with Crippen molar-refractivity contribution in [1.29, 1.82) is 0 Å². The average molecular weight is 267 g/mol. The summed E-state index contributed by atoms with van der Waals surface area (Å²) in [5.74, 6) is -0.699. The molecule has 1 amide bonds. The molecule has 0 aliphatic carbocycles. The third kappa shape index (κ3) is 2.03. The summed E-state index contributed by atoms with van der Waals surface area (Å²) in [6.07, 6.45) is 0.247. The van der Waals surface area contributed by atoms with Gasteiger partial charge in [-0.15, -0.1) is 0 Å². The minimum Gasteiger partial charge on any atom is -0.366 e. The smallest absolute Gasteiger partial charge is 0.249 e. The van der Waals surface area contributed by atoms with Crippen LogP contribution < -0.4 is 5.73 Å². The minimum atomic E-state index is -1.29. The number of methoxy groups -OCH3 is 1. The van der Waals surface area contributed by atoms with Crippen LogP contribution in [0.1, 0.15) is 22.2 Å². The van der Waals surface area contributed by atoms with E-state index in [4.69, 9.17) is 22.1 Å². The summed E-state index contributed by atoms with van der Waals surface area (Å²) in [6.45, 7) is 0. The predicted molar refractivity (Wildman–Crippen MR) is 67.2 cm³/mol. The second-order valence-electron chi connectivity index (χ2n) is 3.67. The maximum atomic E-state index is 11.4. The first kappa shape index (κ1) is 12.8. The van der Waals surface area contributed by atoms with Gasteiger partial charge in [-0.3, -0.25) is 9.78 Å². The Morgan fingerprint density at radius 1 is 1.61 bits per heavy atom. The van der Waals surface area contributed by atoms with Crippen LogP contribution in [0.2, 0.25) is 5.02 Å². The molecule has 1 unspecified atom stereocenters. The predicted octanol–water partition coefficient (Wildman–Crippen LogP) is 1.62. The van der Waals surface area contributed by atoms with E-state index in [1.54, 1.807) is 12.1 Å². The van der Waals surface area contributed by atoms with Crippen LogP contribution in [-0.2, 0) is 4.74 Å². The fraction of sp³-hybridized carbons (Fsp3) is 0.167. The van der Waals surface area contributed by atoms with Gasteiger partial charge in [-0.25, -0.2) is 0 Å². The van der Waals surface area contributed by atoms with Crippen molar-refractivity contribution in [3.05, 3.63) is 40.5 Å². The number of nitrogens with zero attached hydrogens (tertiary/aromatic N) is 1. The largest absolute Gasteiger partial charge is 0.366 e. The fourth-order valence-corrected chi connectivity index (χ4v) is 2.06. The fourth-order valence-electron chi connectivity index (χ4n) is 1.79. The third-order valence-corrected chi connectivity index (χ3v) is 2.93. The number of primary amides is 1. The third-order valence-electron chi connectivity index (χ3n) is 2.62. The lowest BCUT2D eigenvalue weighted by Crippen LogP contribution is -2.17. The molecule has 1 aromatic heterocycles. The molecule has 1 heterocycles. The first-order valence-electron chi connectivity index (χ1n) is 5.14.